The van der Waals surface area contributed by atoms with Crippen molar-refractivity contribution in [3.05, 3.63) is 0 Å². The Morgan fingerprint density at radius 2 is 2.19 bits per heavy atom. The van der Waals surface area contributed by atoms with Gasteiger partial charge in [0.2, 0.25) is 5.91 Å². The molecule has 0 bridgehead atoms. The maximum Gasteiger partial charge on any atom is 0.248 e. The molecule has 1 heterocycles. The Kier molecular flexibility index (Phi) is 6.95. The Hall–Kier alpha value is -0.320. The number of nitrogens with two attached hydrogens (primary N) is 1. The number of amides is 1. The zero-order chi connectivity index (χ0) is 11.4. The molecule has 0 aromatic heterocycles. The largest absolute Gasteiger partial charge is 0.369 e. The van der Waals surface area contributed by atoms with Crippen molar-refractivity contribution in [2.45, 2.75) is 39.3 Å². The van der Waals surface area contributed by atoms with Gasteiger partial charge in [0, 0.05) is 19.1 Å². The first kappa shape index (κ1) is 15.7. The highest BCUT2D eigenvalue weighted by Crippen LogP contribution is 2.14. The van der Waals surface area contributed by atoms with E-state index >= 15 is 0 Å². The SMILES string of the molecule is CC(C)OCC(=O)N1CCC(N)C(C)C1.Cl. The van der Waals surface area contributed by atoms with Crippen LogP contribution in [0.2, 0.25) is 0 Å². The number of carbonyl (C=O) groups is 1. The molecule has 0 radical (unpaired) electrons. The van der Waals surface area contributed by atoms with Crippen molar-refractivity contribution >= 4 is 18.3 Å². The molecular formula is C11H23ClN2O2. The van der Waals surface area contributed by atoms with Crippen LogP contribution >= 0.6 is 12.4 Å². The summed E-state index contributed by atoms with van der Waals surface area (Å²) in [6, 6.07) is 0.236. The van der Waals surface area contributed by atoms with Gasteiger partial charge in [-0.25, -0.2) is 0 Å². The standard InChI is InChI=1S/C11H22N2O2.ClH/c1-8(2)15-7-11(14)13-5-4-10(12)9(3)6-13;/h8-10H,4-7,12H2,1-3H3;1H. The number of hydrogen-bond donors (Lipinski definition) is 1. The molecule has 4 nitrogen and oxygen atoms in total. The van der Waals surface area contributed by atoms with Crippen molar-refractivity contribution in [1.82, 2.24) is 4.90 Å². The maximum absolute atomic E-state index is 11.7. The van der Waals surface area contributed by atoms with Crippen LogP contribution in [-0.4, -0.2) is 42.6 Å². The highest BCUT2D eigenvalue weighted by molar-refractivity contribution is 5.85. The quantitative estimate of drug-likeness (QED) is 0.814. The molecule has 1 saturated heterocycles. The predicted molar refractivity (Wildman–Crippen MR) is 66.7 cm³/mol. The topological polar surface area (TPSA) is 55.6 Å². The number of hydrogen-bond acceptors (Lipinski definition) is 3. The molecule has 0 saturated carbocycles. The molecule has 96 valence electrons. The summed E-state index contributed by atoms with van der Waals surface area (Å²) in [7, 11) is 0. The second-order valence-electron chi connectivity index (χ2n) is 4.63. The summed E-state index contributed by atoms with van der Waals surface area (Å²) >= 11 is 0. The number of likely N-dealkylation sites (tertiary alicyclic amines) is 1. The monoisotopic (exact) mass is 250 g/mol. The number of ether oxygens (including phenoxy) is 1. The zero-order valence-electron chi connectivity index (χ0n) is 10.3. The van der Waals surface area contributed by atoms with E-state index < -0.39 is 0 Å². The zero-order valence-corrected chi connectivity index (χ0v) is 11.1. The van der Waals surface area contributed by atoms with Crippen LogP contribution in [0.15, 0.2) is 0 Å². The molecular weight excluding hydrogens is 228 g/mol. The smallest absolute Gasteiger partial charge is 0.248 e. The van der Waals surface area contributed by atoms with E-state index in [9.17, 15) is 4.79 Å². The molecule has 1 aliphatic rings. The number of carbonyl (C=O) groups excluding carboxylic acids is 1. The van der Waals surface area contributed by atoms with E-state index in [1.807, 2.05) is 18.7 Å². The Balaban J connectivity index is 0.00000225. The van der Waals surface area contributed by atoms with E-state index in [0.29, 0.717) is 5.92 Å². The van der Waals surface area contributed by atoms with Crippen molar-refractivity contribution in [3.63, 3.8) is 0 Å². The fourth-order valence-corrected chi connectivity index (χ4v) is 1.72. The molecule has 2 unspecified atom stereocenters. The lowest BCUT2D eigenvalue weighted by molar-refractivity contribution is -0.139. The summed E-state index contributed by atoms with van der Waals surface area (Å²) in [4.78, 5) is 13.6. The summed E-state index contributed by atoms with van der Waals surface area (Å²) in [5, 5.41) is 0. The van der Waals surface area contributed by atoms with Crippen LogP contribution in [0, 0.1) is 5.92 Å². The van der Waals surface area contributed by atoms with Crippen LogP contribution in [0.1, 0.15) is 27.2 Å². The predicted octanol–water partition coefficient (Wildman–Crippen LogP) is 1.03. The third-order valence-corrected chi connectivity index (χ3v) is 2.86. The van der Waals surface area contributed by atoms with E-state index in [0.717, 1.165) is 19.5 Å². The van der Waals surface area contributed by atoms with Gasteiger partial charge in [0.1, 0.15) is 6.61 Å². The first-order valence-electron chi connectivity index (χ1n) is 5.65. The third kappa shape index (κ3) is 4.68. The lowest BCUT2D eigenvalue weighted by atomic mass is 9.95. The summed E-state index contributed by atoms with van der Waals surface area (Å²) in [6.45, 7) is 7.68. The Morgan fingerprint density at radius 3 is 2.69 bits per heavy atom. The van der Waals surface area contributed by atoms with Crippen LogP contribution in [-0.2, 0) is 9.53 Å². The van der Waals surface area contributed by atoms with Gasteiger partial charge in [-0.05, 0) is 26.2 Å². The van der Waals surface area contributed by atoms with Crippen LogP contribution < -0.4 is 5.73 Å². The van der Waals surface area contributed by atoms with Crippen molar-refractivity contribution in [3.8, 4) is 0 Å². The Bertz CT molecular complexity index is 224. The molecule has 1 amide bonds. The van der Waals surface area contributed by atoms with Crippen LogP contribution in [0.25, 0.3) is 0 Å². The van der Waals surface area contributed by atoms with Gasteiger partial charge in [-0.2, -0.15) is 0 Å². The molecule has 2 N–H and O–H groups in total. The third-order valence-electron chi connectivity index (χ3n) is 2.86. The minimum atomic E-state index is 0. The first-order valence-corrected chi connectivity index (χ1v) is 5.65. The lowest BCUT2D eigenvalue weighted by Gasteiger charge is -2.35. The van der Waals surface area contributed by atoms with Crippen molar-refractivity contribution < 1.29 is 9.53 Å². The first-order chi connectivity index (χ1) is 7.00. The molecule has 0 aliphatic carbocycles. The second-order valence-corrected chi connectivity index (χ2v) is 4.63. The fraction of sp³-hybridized carbons (Fsp3) is 0.909. The summed E-state index contributed by atoms with van der Waals surface area (Å²) in [5.41, 5.74) is 5.89. The highest BCUT2D eigenvalue weighted by Gasteiger charge is 2.26. The molecule has 0 aromatic carbocycles. The van der Waals surface area contributed by atoms with Gasteiger partial charge in [-0.15, -0.1) is 12.4 Å². The van der Waals surface area contributed by atoms with E-state index in [1.165, 1.54) is 0 Å². The van der Waals surface area contributed by atoms with E-state index in [-0.39, 0.29) is 37.1 Å². The van der Waals surface area contributed by atoms with Gasteiger partial charge in [0.25, 0.3) is 0 Å². The van der Waals surface area contributed by atoms with Gasteiger partial charge in [-0.1, -0.05) is 6.92 Å². The van der Waals surface area contributed by atoms with Crippen molar-refractivity contribution in [2.75, 3.05) is 19.7 Å². The fourth-order valence-electron chi connectivity index (χ4n) is 1.72. The molecule has 0 spiro atoms. The van der Waals surface area contributed by atoms with Gasteiger partial charge in [-0.3, -0.25) is 4.79 Å². The van der Waals surface area contributed by atoms with E-state index in [4.69, 9.17) is 10.5 Å². The highest BCUT2D eigenvalue weighted by atomic mass is 35.5. The number of nitrogens with zero attached hydrogens (tertiary/aromatic N) is 1. The average Bonchev–Trinajstić information content (AvgIpc) is 2.18. The Morgan fingerprint density at radius 1 is 1.56 bits per heavy atom. The Labute approximate surface area is 104 Å². The maximum atomic E-state index is 11.7. The summed E-state index contributed by atoms with van der Waals surface area (Å²) in [6.07, 6.45) is 1.01. The molecule has 5 heteroatoms. The number of rotatable bonds is 3. The number of halogens is 1. The minimum absolute atomic E-state index is 0. The minimum Gasteiger partial charge on any atom is -0.369 e. The molecule has 1 fully saturated rings. The van der Waals surface area contributed by atoms with Crippen LogP contribution in [0.5, 0.6) is 0 Å². The molecule has 0 aromatic rings. The van der Waals surface area contributed by atoms with Gasteiger partial charge >= 0.3 is 0 Å². The van der Waals surface area contributed by atoms with E-state index in [1.54, 1.807) is 0 Å². The van der Waals surface area contributed by atoms with Gasteiger partial charge in [0.15, 0.2) is 0 Å². The lowest BCUT2D eigenvalue weighted by Crippen LogP contribution is -2.49. The average molecular weight is 251 g/mol. The van der Waals surface area contributed by atoms with Crippen LogP contribution in [0.4, 0.5) is 0 Å². The molecule has 2 atom stereocenters. The summed E-state index contributed by atoms with van der Waals surface area (Å²) < 4.78 is 5.30. The molecule has 1 rings (SSSR count). The van der Waals surface area contributed by atoms with E-state index in [2.05, 4.69) is 6.92 Å². The number of piperidine rings is 1. The molecule has 1 aliphatic heterocycles. The normalized spacial score (nSPS) is 25.4. The molecule has 16 heavy (non-hydrogen) atoms. The van der Waals surface area contributed by atoms with Crippen molar-refractivity contribution in [1.29, 1.82) is 0 Å². The van der Waals surface area contributed by atoms with Gasteiger partial charge < -0.3 is 15.4 Å². The van der Waals surface area contributed by atoms with Crippen molar-refractivity contribution in [2.24, 2.45) is 11.7 Å². The second kappa shape index (κ2) is 7.09. The van der Waals surface area contributed by atoms with Crippen LogP contribution in [0.3, 0.4) is 0 Å². The summed E-state index contributed by atoms with van der Waals surface area (Å²) in [5.74, 6) is 0.476. The van der Waals surface area contributed by atoms with Gasteiger partial charge in [0.05, 0.1) is 6.10 Å².